The van der Waals surface area contributed by atoms with Crippen molar-refractivity contribution < 1.29 is 13.2 Å². The van der Waals surface area contributed by atoms with Crippen LogP contribution in [0.1, 0.15) is 30.1 Å². The van der Waals surface area contributed by atoms with Crippen LogP contribution >= 0.6 is 11.6 Å². The van der Waals surface area contributed by atoms with Crippen LogP contribution in [0.5, 0.6) is 0 Å². The lowest BCUT2D eigenvalue weighted by Gasteiger charge is -2.35. The van der Waals surface area contributed by atoms with Crippen LogP contribution in [0.2, 0.25) is 5.02 Å². The first-order valence-corrected chi connectivity index (χ1v) is 10.3. The second kappa shape index (κ2) is 6.90. The van der Waals surface area contributed by atoms with Crippen molar-refractivity contribution >= 4 is 44.0 Å². The molecule has 0 bridgehead atoms. The Morgan fingerprint density at radius 2 is 2.04 bits per heavy atom. The number of aromatic nitrogens is 1. The van der Waals surface area contributed by atoms with E-state index < -0.39 is 10.0 Å². The lowest BCUT2D eigenvalue weighted by atomic mass is 10.00. The molecule has 2 heterocycles. The summed E-state index contributed by atoms with van der Waals surface area (Å²) < 4.78 is 25.5. The number of hydrogen-bond acceptors (Lipinski definition) is 5. The standard InChI is InChI=1S/C17H20ClN3O3S/c1-11(22)14-10-15(18)13-4-3-7-19-16(13)17(14)21-8-5-12(6-9-21)20-25(2,23)24/h3-4,7,10,12,20H,5-6,8-9H2,1-2H3. The minimum Gasteiger partial charge on any atom is -0.369 e. The molecule has 0 spiro atoms. The Balaban J connectivity index is 1.97. The van der Waals surface area contributed by atoms with Crippen molar-refractivity contribution in [3.63, 3.8) is 0 Å². The van der Waals surface area contributed by atoms with Gasteiger partial charge >= 0.3 is 0 Å². The van der Waals surface area contributed by atoms with Crippen LogP contribution in [0.25, 0.3) is 10.9 Å². The first kappa shape index (κ1) is 18.1. The van der Waals surface area contributed by atoms with E-state index in [0.29, 0.717) is 42.0 Å². The van der Waals surface area contributed by atoms with Gasteiger partial charge in [0.15, 0.2) is 5.78 Å². The van der Waals surface area contributed by atoms with Gasteiger partial charge < -0.3 is 4.90 Å². The summed E-state index contributed by atoms with van der Waals surface area (Å²) in [5.74, 6) is -0.0687. The van der Waals surface area contributed by atoms with Gasteiger partial charge in [0.25, 0.3) is 0 Å². The number of carbonyl (C=O) groups is 1. The molecule has 0 radical (unpaired) electrons. The monoisotopic (exact) mass is 381 g/mol. The minimum atomic E-state index is -3.22. The highest BCUT2D eigenvalue weighted by Gasteiger charge is 2.26. The molecule has 1 N–H and O–H groups in total. The van der Waals surface area contributed by atoms with Gasteiger partial charge in [-0.3, -0.25) is 9.78 Å². The highest BCUT2D eigenvalue weighted by Crippen LogP contribution is 2.36. The van der Waals surface area contributed by atoms with Crippen LogP contribution in [0, 0.1) is 0 Å². The molecule has 1 saturated heterocycles. The van der Waals surface area contributed by atoms with E-state index in [-0.39, 0.29) is 11.8 Å². The van der Waals surface area contributed by atoms with Gasteiger partial charge in [-0.1, -0.05) is 11.6 Å². The van der Waals surface area contributed by atoms with Gasteiger partial charge in [0.1, 0.15) is 0 Å². The molecule has 0 atom stereocenters. The summed E-state index contributed by atoms with van der Waals surface area (Å²) in [7, 11) is -3.22. The maximum Gasteiger partial charge on any atom is 0.208 e. The zero-order valence-corrected chi connectivity index (χ0v) is 15.7. The Bertz CT molecular complexity index is 922. The molecule has 0 unspecified atom stereocenters. The largest absolute Gasteiger partial charge is 0.369 e. The highest BCUT2D eigenvalue weighted by atomic mass is 35.5. The van der Waals surface area contributed by atoms with Crippen molar-refractivity contribution in [3.05, 3.63) is 35.0 Å². The van der Waals surface area contributed by atoms with Gasteiger partial charge in [-0.15, -0.1) is 0 Å². The third-order valence-corrected chi connectivity index (χ3v) is 5.46. The summed E-state index contributed by atoms with van der Waals surface area (Å²) >= 11 is 6.33. The van der Waals surface area contributed by atoms with Crippen molar-refractivity contribution in [3.8, 4) is 0 Å². The second-order valence-electron chi connectivity index (χ2n) is 6.36. The average molecular weight is 382 g/mol. The second-order valence-corrected chi connectivity index (χ2v) is 8.55. The summed E-state index contributed by atoms with van der Waals surface area (Å²) in [5, 5.41) is 1.31. The maximum atomic E-state index is 12.2. The Hall–Kier alpha value is -1.70. The van der Waals surface area contributed by atoms with Gasteiger partial charge in [0, 0.05) is 36.3 Å². The van der Waals surface area contributed by atoms with Crippen LogP contribution in [0.3, 0.4) is 0 Å². The number of rotatable bonds is 4. The molecule has 1 fully saturated rings. The van der Waals surface area contributed by atoms with Gasteiger partial charge in [-0.2, -0.15) is 0 Å². The normalized spacial score (nSPS) is 16.4. The Kier molecular flexibility index (Phi) is 4.99. The number of piperidine rings is 1. The number of halogens is 1. The number of carbonyl (C=O) groups excluding carboxylic acids is 1. The lowest BCUT2D eigenvalue weighted by molar-refractivity contribution is 0.101. The van der Waals surface area contributed by atoms with Crippen molar-refractivity contribution in [2.24, 2.45) is 0 Å². The van der Waals surface area contributed by atoms with Crippen molar-refractivity contribution in [1.82, 2.24) is 9.71 Å². The number of sulfonamides is 1. The first-order valence-electron chi connectivity index (χ1n) is 8.06. The maximum absolute atomic E-state index is 12.2. The van der Waals surface area contributed by atoms with Gasteiger partial charge in [0.2, 0.25) is 10.0 Å². The molecule has 1 aromatic carbocycles. The molecule has 134 valence electrons. The Morgan fingerprint density at radius 3 is 2.64 bits per heavy atom. The van der Waals surface area contributed by atoms with E-state index in [1.54, 1.807) is 12.3 Å². The number of pyridine rings is 1. The van der Waals surface area contributed by atoms with E-state index in [2.05, 4.69) is 14.6 Å². The fraction of sp³-hybridized carbons (Fsp3) is 0.412. The molecule has 0 saturated carbocycles. The minimum absolute atomic E-state index is 0.0687. The molecule has 3 rings (SSSR count). The number of fused-ring (bicyclic) bond motifs is 1. The number of ketones is 1. The number of nitrogens with zero attached hydrogens (tertiary/aromatic N) is 2. The third-order valence-electron chi connectivity index (χ3n) is 4.39. The third kappa shape index (κ3) is 3.94. The van der Waals surface area contributed by atoms with E-state index in [1.165, 1.54) is 13.2 Å². The molecule has 8 heteroatoms. The number of benzene rings is 1. The molecule has 0 amide bonds. The van der Waals surface area contributed by atoms with Crippen LogP contribution in [0.15, 0.2) is 24.4 Å². The quantitative estimate of drug-likeness (QED) is 0.823. The van der Waals surface area contributed by atoms with Crippen molar-refractivity contribution in [2.75, 3.05) is 24.2 Å². The number of hydrogen-bond donors (Lipinski definition) is 1. The SMILES string of the molecule is CC(=O)c1cc(Cl)c2cccnc2c1N1CCC(NS(C)(=O)=O)CC1. The van der Waals surface area contributed by atoms with E-state index in [0.717, 1.165) is 11.1 Å². The lowest BCUT2D eigenvalue weighted by Crippen LogP contribution is -2.44. The molecule has 6 nitrogen and oxygen atoms in total. The van der Waals surface area contributed by atoms with Gasteiger partial charge in [0.05, 0.1) is 22.5 Å². The smallest absolute Gasteiger partial charge is 0.208 e. The number of Topliss-reactive ketones (excluding diaryl/α,β-unsaturated/α-hetero) is 1. The first-order chi connectivity index (χ1) is 11.8. The van der Waals surface area contributed by atoms with E-state index in [9.17, 15) is 13.2 Å². The summed E-state index contributed by atoms with van der Waals surface area (Å²) in [6.07, 6.45) is 4.19. The van der Waals surface area contributed by atoms with E-state index >= 15 is 0 Å². The van der Waals surface area contributed by atoms with Crippen LogP contribution < -0.4 is 9.62 Å². The van der Waals surface area contributed by atoms with Gasteiger partial charge in [-0.25, -0.2) is 13.1 Å². The predicted octanol–water partition coefficient (Wildman–Crippen LogP) is 2.61. The summed E-state index contributed by atoms with van der Waals surface area (Å²) in [4.78, 5) is 18.7. The van der Waals surface area contributed by atoms with E-state index in [4.69, 9.17) is 11.6 Å². The van der Waals surface area contributed by atoms with Crippen LogP contribution in [-0.2, 0) is 10.0 Å². The fourth-order valence-electron chi connectivity index (χ4n) is 3.30. The number of nitrogens with one attached hydrogen (secondary N) is 1. The molecule has 0 aliphatic carbocycles. The van der Waals surface area contributed by atoms with Gasteiger partial charge in [-0.05, 0) is 38.0 Å². The predicted molar refractivity (Wildman–Crippen MR) is 100.0 cm³/mol. The van der Waals surface area contributed by atoms with E-state index in [1.807, 2.05) is 12.1 Å². The van der Waals surface area contributed by atoms with Crippen LogP contribution in [-0.4, -0.2) is 44.6 Å². The highest BCUT2D eigenvalue weighted by molar-refractivity contribution is 7.88. The average Bonchev–Trinajstić information content (AvgIpc) is 2.54. The Labute approximate surface area is 152 Å². The summed E-state index contributed by atoms with van der Waals surface area (Å²) in [6, 6.07) is 5.31. The molecule has 1 aromatic heterocycles. The molecule has 1 aliphatic heterocycles. The molecule has 1 aliphatic rings. The summed E-state index contributed by atoms with van der Waals surface area (Å²) in [5.41, 5.74) is 2.03. The molecule has 25 heavy (non-hydrogen) atoms. The number of anilines is 1. The van der Waals surface area contributed by atoms with Crippen molar-refractivity contribution in [2.45, 2.75) is 25.8 Å². The fourth-order valence-corrected chi connectivity index (χ4v) is 4.40. The van der Waals surface area contributed by atoms with Crippen LogP contribution in [0.4, 0.5) is 5.69 Å². The molecular formula is C17H20ClN3O3S. The van der Waals surface area contributed by atoms with Crippen molar-refractivity contribution in [1.29, 1.82) is 0 Å². The Morgan fingerprint density at radius 1 is 1.36 bits per heavy atom. The molecule has 2 aromatic rings. The molecular weight excluding hydrogens is 362 g/mol. The topological polar surface area (TPSA) is 79.4 Å². The zero-order valence-electron chi connectivity index (χ0n) is 14.1. The zero-order chi connectivity index (χ0) is 18.2. The summed E-state index contributed by atoms with van der Waals surface area (Å²) in [6.45, 7) is 2.80.